The first-order valence-corrected chi connectivity index (χ1v) is 10.8. The van der Waals surface area contributed by atoms with Crippen LogP contribution in [0.3, 0.4) is 0 Å². The summed E-state index contributed by atoms with van der Waals surface area (Å²) in [6.07, 6.45) is 8.46. The summed E-state index contributed by atoms with van der Waals surface area (Å²) in [5.41, 5.74) is 1.36. The van der Waals surface area contributed by atoms with E-state index in [0.717, 1.165) is 24.2 Å². The molecule has 0 bridgehead atoms. The highest BCUT2D eigenvalue weighted by molar-refractivity contribution is 5.94. The van der Waals surface area contributed by atoms with Gasteiger partial charge in [-0.3, -0.25) is 4.79 Å². The van der Waals surface area contributed by atoms with E-state index in [1.807, 2.05) is 42.1 Å². The lowest BCUT2D eigenvalue weighted by atomic mass is 10.0. The van der Waals surface area contributed by atoms with E-state index < -0.39 is 6.04 Å². The molecule has 4 rings (SSSR count). The third-order valence-electron chi connectivity index (χ3n) is 5.82. The van der Waals surface area contributed by atoms with E-state index in [9.17, 15) is 4.79 Å². The van der Waals surface area contributed by atoms with Crippen molar-refractivity contribution in [2.24, 2.45) is 7.05 Å². The average molecular weight is 436 g/mol. The smallest absolute Gasteiger partial charge is 0.252 e. The standard InChI is InChI=1S/C25H29N3O4/c1-28-13-12-26-24(28)23(18-14-21(30-2)16-22(15-18)31-3)27-25(29)17-8-10-20(11-9-17)32-19-6-4-5-7-19/h8-16,19,23H,4-7H2,1-3H3,(H,27,29). The molecule has 1 aliphatic rings. The zero-order chi connectivity index (χ0) is 22.5. The fourth-order valence-corrected chi connectivity index (χ4v) is 4.05. The van der Waals surface area contributed by atoms with Gasteiger partial charge < -0.3 is 24.1 Å². The van der Waals surface area contributed by atoms with E-state index in [2.05, 4.69) is 10.3 Å². The predicted octanol–water partition coefficient (Wildman–Crippen LogP) is 4.28. The molecule has 1 heterocycles. The summed E-state index contributed by atoms with van der Waals surface area (Å²) >= 11 is 0. The van der Waals surface area contributed by atoms with Crippen LogP contribution in [0.25, 0.3) is 0 Å². The minimum atomic E-state index is -0.485. The summed E-state index contributed by atoms with van der Waals surface area (Å²) in [4.78, 5) is 17.6. The maximum atomic E-state index is 13.1. The molecule has 1 atom stereocenters. The van der Waals surface area contributed by atoms with Crippen LogP contribution < -0.4 is 19.5 Å². The van der Waals surface area contributed by atoms with Crippen molar-refractivity contribution in [1.82, 2.24) is 14.9 Å². The molecule has 1 aromatic heterocycles. The first-order chi connectivity index (χ1) is 15.6. The van der Waals surface area contributed by atoms with Crippen LogP contribution in [0.5, 0.6) is 17.2 Å². The van der Waals surface area contributed by atoms with Gasteiger partial charge in [0.2, 0.25) is 0 Å². The molecule has 2 aromatic carbocycles. The van der Waals surface area contributed by atoms with Gasteiger partial charge in [0.25, 0.3) is 5.91 Å². The van der Waals surface area contributed by atoms with Gasteiger partial charge in [-0.1, -0.05) is 0 Å². The molecule has 1 saturated carbocycles. The molecule has 1 N–H and O–H groups in total. The number of carbonyl (C=O) groups is 1. The van der Waals surface area contributed by atoms with Crippen LogP contribution in [0.15, 0.2) is 54.9 Å². The highest BCUT2D eigenvalue weighted by Crippen LogP contribution is 2.30. The number of hydrogen-bond acceptors (Lipinski definition) is 5. The van der Waals surface area contributed by atoms with Gasteiger partial charge in [0.1, 0.15) is 29.1 Å². The van der Waals surface area contributed by atoms with Crippen LogP contribution in [0, 0.1) is 0 Å². The Bertz CT molecular complexity index is 1030. The van der Waals surface area contributed by atoms with Crippen LogP contribution in [-0.4, -0.2) is 35.8 Å². The number of carbonyl (C=O) groups excluding carboxylic acids is 1. The van der Waals surface area contributed by atoms with Gasteiger partial charge in [-0.2, -0.15) is 0 Å². The number of aryl methyl sites for hydroxylation is 1. The highest BCUT2D eigenvalue weighted by Gasteiger charge is 2.23. The molecule has 32 heavy (non-hydrogen) atoms. The van der Waals surface area contributed by atoms with E-state index in [4.69, 9.17) is 14.2 Å². The van der Waals surface area contributed by atoms with Gasteiger partial charge >= 0.3 is 0 Å². The monoisotopic (exact) mass is 435 g/mol. The van der Waals surface area contributed by atoms with E-state index >= 15 is 0 Å². The Balaban J connectivity index is 1.57. The Morgan fingerprint density at radius 1 is 1.03 bits per heavy atom. The quantitative estimate of drug-likeness (QED) is 0.572. The van der Waals surface area contributed by atoms with Crippen molar-refractivity contribution >= 4 is 5.91 Å². The van der Waals surface area contributed by atoms with E-state index in [1.165, 1.54) is 12.8 Å². The molecule has 1 unspecified atom stereocenters. The third-order valence-corrected chi connectivity index (χ3v) is 5.82. The van der Waals surface area contributed by atoms with Crippen molar-refractivity contribution in [3.63, 3.8) is 0 Å². The average Bonchev–Trinajstić information content (AvgIpc) is 3.49. The van der Waals surface area contributed by atoms with Crippen LogP contribution in [0.1, 0.15) is 53.5 Å². The molecule has 168 valence electrons. The molecule has 0 saturated heterocycles. The van der Waals surface area contributed by atoms with Crippen molar-refractivity contribution in [2.45, 2.75) is 37.8 Å². The SMILES string of the molecule is COc1cc(OC)cc(C(NC(=O)c2ccc(OC3CCCC3)cc2)c2nccn2C)c1. The Morgan fingerprint density at radius 2 is 1.69 bits per heavy atom. The van der Waals surface area contributed by atoms with Gasteiger partial charge in [0.05, 0.1) is 20.3 Å². The van der Waals surface area contributed by atoms with E-state index in [-0.39, 0.29) is 12.0 Å². The zero-order valence-electron chi connectivity index (χ0n) is 18.7. The lowest BCUT2D eigenvalue weighted by Crippen LogP contribution is -2.31. The number of imidazole rings is 1. The zero-order valence-corrected chi connectivity index (χ0v) is 18.7. The van der Waals surface area contributed by atoms with E-state index in [0.29, 0.717) is 22.9 Å². The van der Waals surface area contributed by atoms with Crippen LogP contribution in [0.4, 0.5) is 0 Å². The summed E-state index contributed by atoms with van der Waals surface area (Å²) < 4.78 is 18.7. The van der Waals surface area contributed by atoms with Crippen molar-refractivity contribution in [1.29, 1.82) is 0 Å². The second-order valence-electron chi connectivity index (χ2n) is 8.00. The molecule has 0 spiro atoms. The van der Waals surface area contributed by atoms with Crippen molar-refractivity contribution in [2.75, 3.05) is 14.2 Å². The number of hydrogen-bond donors (Lipinski definition) is 1. The van der Waals surface area contributed by atoms with Gasteiger partial charge in [-0.05, 0) is 67.6 Å². The second-order valence-corrected chi connectivity index (χ2v) is 8.00. The first kappa shape index (κ1) is 21.7. The van der Waals surface area contributed by atoms with Crippen molar-refractivity contribution in [3.8, 4) is 17.2 Å². The first-order valence-electron chi connectivity index (χ1n) is 10.8. The number of amides is 1. The second kappa shape index (κ2) is 9.77. The molecular formula is C25H29N3O4. The maximum absolute atomic E-state index is 13.1. The fourth-order valence-electron chi connectivity index (χ4n) is 4.05. The van der Waals surface area contributed by atoms with Gasteiger partial charge in [0, 0.05) is 31.1 Å². The van der Waals surface area contributed by atoms with E-state index in [1.54, 1.807) is 38.6 Å². The number of aromatic nitrogens is 2. The van der Waals surface area contributed by atoms with Crippen LogP contribution in [-0.2, 0) is 7.05 Å². The minimum Gasteiger partial charge on any atom is -0.497 e. The number of nitrogens with zero attached hydrogens (tertiary/aromatic N) is 2. The normalized spacial score (nSPS) is 14.7. The summed E-state index contributed by atoms with van der Waals surface area (Å²) in [6.45, 7) is 0. The molecule has 3 aromatic rings. The molecule has 7 nitrogen and oxygen atoms in total. The lowest BCUT2D eigenvalue weighted by molar-refractivity contribution is 0.0941. The topological polar surface area (TPSA) is 74.6 Å². The highest BCUT2D eigenvalue weighted by atomic mass is 16.5. The summed E-state index contributed by atoms with van der Waals surface area (Å²) in [5.74, 6) is 2.58. The Kier molecular flexibility index (Phi) is 6.63. The Labute approximate surface area is 188 Å². The number of benzene rings is 2. The summed E-state index contributed by atoms with van der Waals surface area (Å²) in [7, 11) is 5.10. The largest absolute Gasteiger partial charge is 0.497 e. The third kappa shape index (κ3) is 4.88. The Hall–Kier alpha value is -3.48. The molecular weight excluding hydrogens is 406 g/mol. The number of methoxy groups -OCH3 is 2. The molecule has 1 fully saturated rings. The number of nitrogens with one attached hydrogen (secondary N) is 1. The molecule has 1 amide bonds. The predicted molar refractivity (Wildman–Crippen MR) is 121 cm³/mol. The molecule has 7 heteroatoms. The van der Waals surface area contributed by atoms with Crippen LogP contribution >= 0.6 is 0 Å². The molecule has 0 aliphatic heterocycles. The molecule has 1 aliphatic carbocycles. The van der Waals surface area contributed by atoms with Crippen LogP contribution in [0.2, 0.25) is 0 Å². The number of ether oxygens (including phenoxy) is 3. The summed E-state index contributed by atoms with van der Waals surface area (Å²) in [6, 6.07) is 12.4. The van der Waals surface area contributed by atoms with Gasteiger partial charge in [0.15, 0.2) is 0 Å². The van der Waals surface area contributed by atoms with Crippen molar-refractivity contribution in [3.05, 3.63) is 71.8 Å². The molecule has 0 radical (unpaired) electrons. The van der Waals surface area contributed by atoms with Gasteiger partial charge in [-0.15, -0.1) is 0 Å². The number of rotatable bonds is 8. The summed E-state index contributed by atoms with van der Waals surface area (Å²) in [5, 5.41) is 3.11. The maximum Gasteiger partial charge on any atom is 0.252 e. The fraction of sp³-hybridized carbons (Fsp3) is 0.360. The van der Waals surface area contributed by atoms with Crippen molar-refractivity contribution < 1.29 is 19.0 Å². The Morgan fingerprint density at radius 3 is 2.25 bits per heavy atom. The minimum absolute atomic E-state index is 0.202. The van der Waals surface area contributed by atoms with Gasteiger partial charge in [-0.25, -0.2) is 4.98 Å². The lowest BCUT2D eigenvalue weighted by Gasteiger charge is -2.21.